The number of ether oxygens (including phenoxy) is 1. The molecular weight excluding hydrogens is 222 g/mol. The summed E-state index contributed by atoms with van der Waals surface area (Å²) in [4.78, 5) is 24.7. The van der Waals surface area contributed by atoms with Crippen LogP contribution in [0.4, 0.5) is 5.69 Å². The number of anilines is 1. The molecular formula is C12H13NO4. The van der Waals surface area contributed by atoms with Crippen molar-refractivity contribution < 1.29 is 19.4 Å². The van der Waals surface area contributed by atoms with Crippen LogP contribution in [0.5, 0.6) is 0 Å². The van der Waals surface area contributed by atoms with E-state index >= 15 is 0 Å². The third-order valence-electron chi connectivity index (χ3n) is 2.99. The summed E-state index contributed by atoms with van der Waals surface area (Å²) < 4.78 is 4.46. The number of esters is 1. The van der Waals surface area contributed by atoms with E-state index in [1.165, 1.54) is 12.0 Å². The predicted octanol–water partition coefficient (Wildman–Crippen LogP) is 0.280. The van der Waals surface area contributed by atoms with Gasteiger partial charge in [-0.15, -0.1) is 0 Å². The van der Waals surface area contributed by atoms with Gasteiger partial charge in [0.1, 0.15) is 5.92 Å². The summed E-state index contributed by atoms with van der Waals surface area (Å²) in [6, 6.07) is 7.07. The van der Waals surface area contributed by atoms with Gasteiger partial charge in [-0.2, -0.15) is 0 Å². The first-order valence-corrected chi connectivity index (χ1v) is 5.20. The van der Waals surface area contributed by atoms with Crippen molar-refractivity contribution in [3.8, 4) is 0 Å². The van der Waals surface area contributed by atoms with Crippen LogP contribution in [0.15, 0.2) is 24.3 Å². The number of aliphatic hydroxyl groups excluding tert-OH is 1. The lowest BCUT2D eigenvalue weighted by Gasteiger charge is -2.15. The van der Waals surface area contributed by atoms with Gasteiger partial charge in [0.15, 0.2) is 6.10 Å². The number of hydrogen-bond acceptors (Lipinski definition) is 4. The first kappa shape index (κ1) is 11.6. The van der Waals surface area contributed by atoms with Gasteiger partial charge in [-0.25, -0.2) is 4.79 Å². The third-order valence-corrected chi connectivity index (χ3v) is 2.99. The number of rotatable bonds is 2. The molecule has 0 radical (unpaired) electrons. The second-order valence-electron chi connectivity index (χ2n) is 3.90. The Bertz CT molecular complexity index is 471. The van der Waals surface area contributed by atoms with Crippen molar-refractivity contribution in [1.29, 1.82) is 0 Å². The number of fused-ring (bicyclic) bond motifs is 1. The monoisotopic (exact) mass is 235 g/mol. The number of carbonyl (C=O) groups excluding carboxylic acids is 2. The fraction of sp³-hybridized carbons (Fsp3) is 0.333. The van der Waals surface area contributed by atoms with Gasteiger partial charge in [0.25, 0.3) is 0 Å². The van der Waals surface area contributed by atoms with E-state index in [1.54, 1.807) is 31.3 Å². The van der Waals surface area contributed by atoms with E-state index in [4.69, 9.17) is 0 Å². The first-order chi connectivity index (χ1) is 8.07. The molecule has 17 heavy (non-hydrogen) atoms. The highest BCUT2D eigenvalue weighted by Crippen LogP contribution is 2.38. The molecule has 1 aliphatic rings. The van der Waals surface area contributed by atoms with Crippen LogP contribution in [0.2, 0.25) is 0 Å². The molecule has 90 valence electrons. The molecule has 1 aromatic carbocycles. The van der Waals surface area contributed by atoms with Gasteiger partial charge in [-0.3, -0.25) is 4.79 Å². The van der Waals surface area contributed by atoms with E-state index in [9.17, 15) is 14.7 Å². The Morgan fingerprint density at radius 1 is 1.47 bits per heavy atom. The lowest BCUT2D eigenvalue weighted by molar-refractivity contribution is -0.153. The summed E-state index contributed by atoms with van der Waals surface area (Å²) in [6.07, 6.45) is -1.46. The molecule has 0 aromatic heterocycles. The van der Waals surface area contributed by atoms with E-state index in [1.807, 2.05) is 0 Å². The van der Waals surface area contributed by atoms with Crippen LogP contribution in [0.3, 0.4) is 0 Å². The number of nitrogens with zero attached hydrogens (tertiary/aromatic N) is 1. The largest absolute Gasteiger partial charge is 0.467 e. The lowest BCUT2D eigenvalue weighted by Crippen LogP contribution is -2.35. The minimum atomic E-state index is -1.46. The van der Waals surface area contributed by atoms with Crippen molar-refractivity contribution in [2.24, 2.45) is 0 Å². The molecule has 1 aromatic rings. The van der Waals surface area contributed by atoms with Crippen LogP contribution in [-0.2, 0) is 14.3 Å². The molecule has 1 heterocycles. The second-order valence-corrected chi connectivity index (χ2v) is 3.90. The van der Waals surface area contributed by atoms with Gasteiger partial charge in [0.05, 0.1) is 7.11 Å². The van der Waals surface area contributed by atoms with Gasteiger partial charge in [0.2, 0.25) is 5.91 Å². The number of amides is 1. The maximum absolute atomic E-state index is 12.0. The molecule has 5 nitrogen and oxygen atoms in total. The third kappa shape index (κ3) is 1.68. The number of benzene rings is 1. The van der Waals surface area contributed by atoms with Crippen molar-refractivity contribution >= 4 is 17.6 Å². The fourth-order valence-electron chi connectivity index (χ4n) is 2.08. The van der Waals surface area contributed by atoms with E-state index < -0.39 is 18.0 Å². The van der Waals surface area contributed by atoms with Gasteiger partial charge in [0, 0.05) is 12.7 Å². The molecule has 5 heteroatoms. The molecule has 0 spiro atoms. The molecule has 0 saturated heterocycles. The van der Waals surface area contributed by atoms with Crippen LogP contribution in [-0.4, -0.2) is 37.2 Å². The van der Waals surface area contributed by atoms with Crippen molar-refractivity contribution in [2.75, 3.05) is 19.1 Å². The summed E-state index contributed by atoms with van der Waals surface area (Å²) in [5.41, 5.74) is 1.36. The number of aliphatic hydroxyl groups is 1. The van der Waals surface area contributed by atoms with E-state index in [0.29, 0.717) is 11.3 Å². The van der Waals surface area contributed by atoms with E-state index in [-0.39, 0.29) is 5.91 Å². The fourth-order valence-corrected chi connectivity index (χ4v) is 2.08. The molecule has 0 fully saturated rings. The van der Waals surface area contributed by atoms with Gasteiger partial charge in [-0.1, -0.05) is 18.2 Å². The summed E-state index contributed by atoms with van der Waals surface area (Å²) in [7, 11) is 2.80. The normalized spacial score (nSPS) is 20.1. The number of para-hydroxylation sites is 1. The molecule has 1 aliphatic heterocycles. The van der Waals surface area contributed by atoms with Crippen molar-refractivity contribution in [3.05, 3.63) is 29.8 Å². The summed E-state index contributed by atoms with van der Waals surface area (Å²) in [5, 5.41) is 9.83. The van der Waals surface area contributed by atoms with Crippen LogP contribution >= 0.6 is 0 Å². The number of hydrogen-bond donors (Lipinski definition) is 1. The molecule has 1 amide bonds. The average molecular weight is 235 g/mol. The topological polar surface area (TPSA) is 66.8 Å². The molecule has 1 N–H and O–H groups in total. The zero-order valence-electron chi connectivity index (χ0n) is 9.58. The highest BCUT2D eigenvalue weighted by molar-refractivity contribution is 6.07. The van der Waals surface area contributed by atoms with Gasteiger partial charge < -0.3 is 14.7 Å². The van der Waals surface area contributed by atoms with Gasteiger partial charge in [-0.05, 0) is 11.6 Å². The highest BCUT2D eigenvalue weighted by atomic mass is 16.5. The van der Waals surface area contributed by atoms with Crippen LogP contribution in [0, 0.1) is 0 Å². The Balaban J connectivity index is 2.43. The summed E-state index contributed by atoms with van der Waals surface area (Å²) in [6.45, 7) is 0. The van der Waals surface area contributed by atoms with Crippen LogP contribution in [0.1, 0.15) is 11.5 Å². The standard InChI is InChI=1S/C12H13NO4/c1-13-8-6-4-3-5-7(8)9(11(13)15)10(14)12(16)17-2/h3-6,9-10,14H,1-2H3. The molecule has 2 unspecified atom stereocenters. The Kier molecular flexibility index (Phi) is 2.85. The Morgan fingerprint density at radius 3 is 2.76 bits per heavy atom. The van der Waals surface area contributed by atoms with Gasteiger partial charge >= 0.3 is 5.97 Å². The molecule has 0 aliphatic carbocycles. The Labute approximate surface area is 98.6 Å². The zero-order chi connectivity index (χ0) is 12.6. The smallest absolute Gasteiger partial charge is 0.335 e. The van der Waals surface area contributed by atoms with E-state index in [2.05, 4.69) is 4.74 Å². The van der Waals surface area contributed by atoms with E-state index in [0.717, 1.165) is 0 Å². The molecule has 2 rings (SSSR count). The summed E-state index contributed by atoms with van der Waals surface area (Å²) >= 11 is 0. The maximum atomic E-state index is 12.0. The quantitative estimate of drug-likeness (QED) is 0.748. The average Bonchev–Trinajstić information content (AvgIpc) is 2.61. The highest BCUT2D eigenvalue weighted by Gasteiger charge is 2.42. The number of methoxy groups -OCH3 is 1. The minimum absolute atomic E-state index is 0.302. The number of likely N-dealkylation sites (N-methyl/N-ethyl adjacent to an activating group) is 1. The van der Waals surface area contributed by atoms with Crippen LogP contribution < -0.4 is 4.90 Å². The van der Waals surface area contributed by atoms with Crippen LogP contribution in [0.25, 0.3) is 0 Å². The predicted molar refractivity (Wildman–Crippen MR) is 60.6 cm³/mol. The Hall–Kier alpha value is -1.88. The maximum Gasteiger partial charge on any atom is 0.335 e. The van der Waals surface area contributed by atoms with Crippen molar-refractivity contribution in [1.82, 2.24) is 0 Å². The zero-order valence-corrected chi connectivity index (χ0v) is 9.58. The molecule has 2 atom stereocenters. The second kappa shape index (κ2) is 4.18. The number of carbonyl (C=O) groups is 2. The minimum Gasteiger partial charge on any atom is -0.467 e. The first-order valence-electron chi connectivity index (χ1n) is 5.20. The molecule has 0 bridgehead atoms. The van der Waals surface area contributed by atoms with Crippen molar-refractivity contribution in [2.45, 2.75) is 12.0 Å². The Morgan fingerprint density at radius 2 is 2.12 bits per heavy atom. The summed E-state index contributed by atoms with van der Waals surface area (Å²) in [5.74, 6) is -1.97. The lowest BCUT2D eigenvalue weighted by atomic mass is 9.95. The SMILES string of the molecule is COC(=O)C(O)C1C(=O)N(C)c2ccccc21. The van der Waals surface area contributed by atoms with Crippen molar-refractivity contribution in [3.63, 3.8) is 0 Å². The molecule has 0 saturated carbocycles.